The normalized spacial score (nSPS) is 17.1. The molecule has 0 bridgehead atoms. The number of halogens is 1. The summed E-state index contributed by atoms with van der Waals surface area (Å²) >= 11 is 1.09. The standard InChI is InChI=1S/C27H21FN2O5S/c1-3-35-18-10-7-15(8-11-18)24(31)22-23(16-5-4-6-19(13-16)34-2)30(26(33)25(22)32)27-29-20-12-9-17(28)14-21(20)36-27/h4-14,23,31H,3H2,1-2H3/t23-/m0/s1. The zero-order valence-corrected chi connectivity index (χ0v) is 20.2. The Labute approximate surface area is 210 Å². The number of carbonyl (C=O) groups is 2. The third-order valence-corrected chi connectivity index (χ3v) is 6.86. The molecule has 4 aromatic rings. The zero-order valence-electron chi connectivity index (χ0n) is 19.4. The number of anilines is 1. The van der Waals surface area contributed by atoms with Crippen LogP contribution in [0.1, 0.15) is 24.1 Å². The van der Waals surface area contributed by atoms with Crippen molar-refractivity contribution >= 4 is 44.1 Å². The molecule has 9 heteroatoms. The number of fused-ring (bicyclic) bond motifs is 1. The van der Waals surface area contributed by atoms with Crippen LogP contribution in [0.2, 0.25) is 0 Å². The third-order valence-electron chi connectivity index (χ3n) is 5.84. The van der Waals surface area contributed by atoms with Gasteiger partial charge in [-0.05, 0) is 67.1 Å². The Balaban J connectivity index is 1.69. The molecule has 1 fully saturated rings. The Hall–Kier alpha value is -4.24. The second kappa shape index (κ2) is 9.43. The summed E-state index contributed by atoms with van der Waals surface area (Å²) in [5.74, 6) is -1.31. The van der Waals surface area contributed by atoms with Gasteiger partial charge in [0.2, 0.25) is 0 Å². The first-order chi connectivity index (χ1) is 17.4. The molecule has 0 aliphatic carbocycles. The van der Waals surface area contributed by atoms with E-state index in [1.807, 2.05) is 6.92 Å². The van der Waals surface area contributed by atoms with Gasteiger partial charge in [0.05, 0.1) is 35.5 Å². The number of ether oxygens (including phenoxy) is 2. The number of aliphatic hydroxyl groups is 1. The molecule has 7 nitrogen and oxygen atoms in total. The maximum atomic E-state index is 13.8. The quantitative estimate of drug-likeness (QED) is 0.213. The molecule has 0 saturated carbocycles. The monoisotopic (exact) mass is 504 g/mol. The van der Waals surface area contributed by atoms with Gasteiger partial charge in [0, 0.05) is 5.56 Å². The van der Waals surface area contributed by atoms with Crippen LogP contribution in [0.3, 0.4) is 0 Å². The SMILES string of the molecule is CCOc1ccc(C(O)=C2C(=O)C(=O)N(c3nc4ccc(F)cc4s3)[C@H]2c2cccc(OC)c2)cc1. The second-order valence-electron chi connectivity index (χ2n) is 8.01. The van der Waals surface area contributed by atoms with E-state index in [0.717, 1.165) is 11.3 Å². The van der Waals surface area contributed by atoms with E-state index in [2.05, 4.69) is 4.98 Å². The summed E-state index contributed by atoms with van der Waals surface area (Å²) < 4.78 is 25.1. The van der Waals surface area contributed by atoms with E-state index in [9.17, 15) is 19.1 Å². The van der Waals surface area contributed by atoms with E-state index in [1.54, 1.807) is 48.5 Å². The lowest BCUT2D eigenvalue weighted by Gasteiger charge is -2.23. The van der Waals surface area contributed by atoms with Crippen LogP contribution in [0.4, 0.5) is 9.52 Å². The van der Waals surface area contributed by atoms with Crippen LogP contribution in [0, 0.1) is 5.82 Å². The molecule has 1 amide bonds. The van der Waals surface area contributed by atoms with Crippen molar-refractivity contribution in [2.45, 2.75) is 13.0 Å². The number of rotatable bonds is 6. The Kier molecular flexibility index (Phi) is 6.15. The predicted octanol–water partition coefficient (Wildman–Crippen LogP) is 5.47. The molecule has 2 heterocycles. The van der Waals surface area contributed by atoms with E-state index >= 15 is 0 Å². The van der Waals surface area contributed by atoms with Gasteiger partial charge in [-0.25, -0.2) is 9.37 Å². The van der Waals surface area contributed by atoms with Gasteiger partial charge >= 0.3 is 5.91 Å². The minimum atomic E-state index is -0.975. The number of aromatic nitrogens is 1. The number of aliphatic hydroxyl groups excluding tert-OH is 1. The maximum absolute atomic E-state index is 13.8. The van der Waals surface area contributed by atoms with Crippen molar-refractivity contribution < 1.29 is 28.6 Å². The summed E-state index contributed by atoms with van der Waals surface area (Å²) in [5, 5.41) is 11.5. The van der Waals surface area contributed by atoms with Crippen LogP contribution in [0.25, 0.3) is 16.0 Å². The largest absolute Gasteiger partial charge is 0.507 e. The molecule has 182 valence electrons. The average molecular weight is 505 g/mol. The summed E-state index contributed by atoms with van der Waals surface area (Å²) in [5.41, 5.74) is 1.32. The predicted molar refractivity (Wildman–Crippen MR) is 135 cm³/mol. The van der Waals surface area contributed by atoms with Gasteiger partial charge in [0.15, 0.2) is 5.13 Å². The first kappa shape index (κ1) is 23.5. The number of amides is 1. The van der Waals surface area contributed by atoms with Crippen molar-refractivity contribution in [1.82, 2.24) is 4.98 Å². The fourth-order valence-electron chi connectivity index (χ4n) is 4.18. The highest BCUT2D eigenvalue weighted by molar-refractivity contribution is 7.22. The number of Topliss-reactive ketones (excluding diaryl/α,β-unsaturated/α-hetero) is 1. The Morgan fingerprint density at radius 3 is 2.58 bits per heavy atom. The van der Waals surface area contributed by atoms with Crippen LogP contribution in [0.15, 0.2) is 72.3 Å². The number of methoxy groups -OCH3 is 1. The fourth-order valence-corrected chi connectivity index (χ4v) is 5.19. The fraction of sp³-hybridized carbons (Fsp3) is 0.148. The summed E-state index contributed by atoms with van der Waals surface area (Å²) in [7, 11) is 1.51. The second-order valence-corrected chi connectivity index (χ2v) is 9.02. The molecule has 3 aromatic carbocycles. The van der Waals surface area contributed by atoms with Crippen molar-refractivity contribution in [3.8, 4) is 11.5 Å². The number of benzene rings is 3. The highest BCUT2D eigenvalue weighted by atomic mass is 32.1. The molecule has 0 radical (unpaired) electrons. The molecule has 1 aliphatic heterocycles. The molecule has 1 saturated heterocycles. The maximum Gasteiger partial charge on any atom is 0.301 e. The van der Waals surface area contributed by atoms with Gasteiger partial charge < -0.3 is 14.6 Å². The third kappa shape index (κ3) is 4.07. The van der Waals surface area contributed by atoms with Gasteiger partial charge in [-0.3, -0.25) is 14.5 Å². The lowest BCUT2D eigenvalue weighted by Crippen LogP contribution is -2.29. The van der Waals surface area contributed by atoms with Crippen LogP contribution in [0.5, 0.6) is 11.5 Å². The summed E-state index contributed by atoms with van der Waals surface area (Å²) in [6.45, 7) is 2.35. The Bertz CT molecular complexity index is 1510. The van der Waals surface area contributed by atoms with Crippen LogP contribution >= 0.6 is 11.3 Å². The van der Waals surface area contributed by atoms with E-state index in [-0.39, 0.29) is 16.5 Å². The average Bonchev–Trinajstić information content (AvgIpc) is 3.42. The van der Waals surface area contributed by atoms with Gasteiger partial charge in [-0.1, -0.05) is 23.5 Å². The number of hydrogen-bond acceptors (Lipinski definition) is 7. The molecule has 1 atom stereocenters. The van der Waals surface area contributed by atoms with Crippen molar-refractivity contribution in [3.63, 3.8) is 0 Å². The molecule has 0 unspecified atom stereocenters. The van der Waals surface area contributed by atoms with Gasteiger partial charge in [-0.15, -0.1) is 0 Å². The number of carbonyl (C=O) groups excluding carboxylic acids is 2. The first-order valence-electron chi connectivity index (χ1n) is 11.2. The lowest BCUT2D eigenvalue weighted by atomic mass is 9.95. The van der Waals surface area contributed by atoms with Crippen molar-refractivity contribution in [2.24, 2.45) is 0 Å². The van der Waals surface area contributed by atoms with E-state index in [1.165, 1.54) is 30.2 Å². The molecular formula is C27H21FN2O5S. The highest BCUT2D eigenvalue weighted by Gasteiger charge is 2.48. The smallest absolute Gasteiger partial charge is 0.301 e. The highest BCUT2D eigenvalue weighted by Crippen LogP contribution is 2.45. The van der Waals surface area contributed by atoms with Gasteiger partial charge in [-0.2, -0.15) is 0 Å². The van der Waals surface area contributed by atoms with Crippen LogP contribution in [-0.4, -0.2) is 35.5 Å². The Morgan fingerprint density at radius 1 is 1.08 bits per heavy atom. The van der Waals surface area contributed by atoms with Crippen molar-refractivity contribution in [3.05, 3.63) is 89.2 Å². The van der Waals surface area contributed by atoms with Crippen LogP contribution in [-0.2, 0) is 9.59 Å². The molecule has 1 aliphatic rings. The summed E-state index contributed by atoms with van der Waals surface area (Å²) in [6.07, 6.45) is 0. The lowest BCUT2D eigenvalue weighted by molar-refractivity contribution is -0.132. The van der Waals surface area contributed by atoms with E-state index < -0.39 is 23.5 Å². The number of ketones is 1. The van der Waals surface area contributed by atoms with E-state index in [4.69, 9.17) is 9.47 Å². The number of nitrogens with zero attached hydrogens (tertiary/aromatic N) is 2. The molecule has 0 spiro atoms. The number of hydrogen-bond donors (Lipinski definition) is 1. The minimum absolute atomic E-state index is 0.0807. The molecular weight excluding hydrogens is 483 g/mol. The molecule has 5 rings (SSSR count). The van der Waals surface area contributed by atoms with Crippen LogP contribution < -0.4 is 14.4 Å². The number of thiazole rings is 1. The van der Waals surface area contributed by atoms with Gasteiger partial charge in [0.25, 0.3) is 5.78 Å². The molecule has 1 N–H and O–H groups in total. The summed E-state index contributed by atoms with van der Waals surface area (Å²) in [4.78, 5) is 32.4. The van der Waals surface area contributed by atoms with E-state index in [0.29, 0.717) is 39.4 Å². The summed E-state index contributed by atoms with van der Waals surface area (Å²) in [6, 6.07) is 16.7. The van der Waals surface area contributed by atoms with Crippen molar-refractivity contribution in [2.75, 3.05) is 18.6 Å². The Morgan fingerprint density at radius 2 is 1.86 bits per heavy atom. The zero-order chi connectivity index (χ0) is 25.4. The minimum Gasteiger partial charge on any atom is -0.507 e. The topological polar surface area (TPSA) is 89.0 Å². The molecule has 36 heavy (non-hydrogen) atoms. The van der Waals surface area contributed by atoms with Crippen molar-refractivity contribution in [1.29, 1.82) is 0 Å². The first-order valence-corrected chi connectivity index (χ1v) is 12.0. The van der Waals surface area contributed by atoms with Gasteiger partial charge in [0.1, 0.15) is 23.1 Å². The molecule has 1 aromatic heterocycles.